The maximum Gasteiger partial charge on any atom is 0.301 e. The van der Waals surface area contributed by atoms with Crippen LogP contribution < -0.4 is 9.64 Å². The molecule has 1 aliphatic heterocycles. The van der Waals surface area contributed by atoms with Crippen molar-refractivity contribution in [3.8, 4) is 5.75 Å². The number of Topliss-reactive ketones (excluding diaryl/α,β-unsaturated/α-hetero) is 1. The minimum Gasteiger partial charge on any atom is -0.507 e. The van der Waals surface area contributed by atoms with Crippen LogP contribution >= 0.6 is 38.9 Å². The van der Waals surface area contributed by atoms with Gasteiger partial charge in [0.05, 0.1) is 28.4 Å². The van der Waals surface area contributed by atoms with Crippen LogP contribution in [-0.4, -0.2) is 28.4 Å². The summed E-state index contributed by atoms with van der Waals surface area (Å²) in [5.41, 5.74) is 1.72. The number of hydrogen-bond donors (Lipinski definition) is 1. The second-order valence-electron chi connectivity index (χ2n) is 8.56. The van der Waals surface area contributed by atoms with Gasteiger partial charge in [0.15, 0.2) is 5.13 Å². The number of fused-ring (bicyclic) bond motifs is 1. The highest BCUT2D eigenvalue weighted by Crippen LogP contribution is 2.44. The number of ether oxygens (including phenoxy) is 1. The van der Waals surface area contributed by atoms with E-state index in [2.05, 4.69) is 27.8 Å². The van der Waals surface area contributed by atoms with Crippen LogP contribution in [0.4, 0.5) is 5.13 Å². The molecule has 188 valence electrons. The second-order valence-corrected chi connectivity index (χ2v) is 10.9. The van der Waals surface area contributed by atoms with Gasteiger partial charge in [0.1, 0.15) is 11.5 Å². The third-order valence-corrected chi connectivity index (χ3v) is 7.83. The van der Waals surface area contributed by atoms with Gasteiger partial charge in [-0.3, -0.25) is 14.5 Å². The van der Waals surface area contributed by atoms with Gasteiger partial charge in [-0.15, -0.1) is 0 Å². The summed E-state index contributed by atoms with van der Waals surface area (Å²) in [5, 5.41) is 12.3. The molecule has 1 N–H and O–H groups in total. The van der Waals surface area contributed by atoms with Gasteiger partial charge >= 0.3 is 5.91 Å². The molecule has 3 aromatic carbocycles. The van der Waals surface area contributed by atoms with Crippen molar-refractivity contribution in [1.29, 1.82) is 0 Å². The van der Waals surface area contributed by atoms with Crippen LogP contribution in [0.25, 0.3) is 16.0 Å². The van der Waals surface area contributed by atoms with Gasteiger partial charge in [-0.05, 0) is 54.4 Å². The Morgan fingerprint density at radius 2 is 1.92 bits per heavy atom. The van der Waals surface area contributed by atoms with E-state index in [1.165, 1.54) is 16.2 Å². The van der Waals surface area contributed by atoms with Gasteiger partial charge < -0.3 is 9.84 Å². The number of ketones is 1. The number of carbonyl (C=O) groups excluding carboxylic acids is 2. The monoisotopic (exact) mass is 596 g/mol. The predicted molar refractivity (Wildman–Crippen MR) is 150 cm³/mol. The number of aromatic nitrogens is 1. The zero-order valence-electron chi connectivity index (χ0n) is 19.8. The van der Waals surface area contributed by atoms with E-state index < -0.39 is 17.7 Å². The standard InChI is InChI=1S/C28H22BrClN2O4S/c1-2-3-13-36-20-6-4-5-17(14-20)25(33)23-24(16-7-9-18(29)10-8-16)32(27(35)26(23)34)28-31-21-12-11-19(30)15-22(21)37-28/h4-12,14-15,24,33H,2-3,13H2,1H3/b25-23+. The van der Waals surface area contributed by atoms with Crippen LogP contribution in [0.15, 0.2) is 76.8 Å². The zero-order valence-corrected chi connectivity index (χ0v) is 22.9. The molecule has 6 nitrogen and oxygen atoms in total. The lowest BCUT2D eigenvalue weighted by Crippen LogP contribution is -2.29. The molecule has 9 heteroatoms. The summed E-state index contributed by atoms with van der Waals surface area (Å²) in [6.07, 6.45) is 1.90. The molecule has 0 radical (unpaired) electrons. The lowest BCUT2D eigenvalue weighted by Gasteiger charge is -2.23. The summed E-state index contributed by atoms with van der Waals surface area (Å²) in [7, 11) is 0. The van der Waals surface area contributed by atoms with Gasteiger partial charge in [-0.1, -0.05) is 76.5 Å². The number of aliphatic hydroxyl groups is 1. The summed E-state index contributed by atoms with van der Waals surface area (Å²) in [6, 6.07) is 18.6. The quantitative estimate of drug-likeness (QED) is 0.103. The molecule has 1 atom stereocenters. The molecular formula is C28H22BrClN2O4S. The predicted octanol–water partition coefficient (Wildman–Crippen LogP) is 7.52. The average Bonchev–Trinajstić information content (AvgIpc) is 3.42. The second kappa shape index (κ2) is 10.7. The van der Waals surface area contributed by atoms with Crippen molar-refractivity contribution in [3.05, 3.63) is 92.9 Å². The molecule has 1 unspecified atom stereocenters. The average molecular weight is 598 g/mol. The number of anilines is 1. The summed E-state index contributed by atoms with van der Waals surface area (Å²) in [4.78, 5) is 32.8. The van der Waals surface area contributed by atoms with Crippen LogP contribution in [0.5, 0.6) is 5.75 Å². The molecule has 0 saturated carbocycles. The summed E-state index contributed by atoms with van der Waals surface area (Å²) >= 11 is 10.9. The summed E-state index contributed by atoms with van der Waals surface area (Å²) in [5.74, 6) is -1.22. The Hall–Kier alpha value is -3.20. The number of benzene rings is 3. The number of aliphatic hydroxyl groups excluding tert-OH is 1. The van der Waals surface area contributed by atoms with Gasteiger partial charge in [0.25, 0.3) is 5.78 Å². The Labute approximate surface area is 231 Å². The van der Waals surface area contributed by atoms with Crippen molar-refractivity contribution < 1.29 is 19.4 Å². The van der Waals surface area contributed by atoms with Crippen molar-refractivity contribution in [2.75, 3.05) is 11.5 Å². The fraction of sp³-hybridized carbons (Fsp3) is 0.179. The molecule has 2 heterocycles. The van der Waals surface area contributed by atoms with E-state index in [0.717, 1.165) is 22.0 Å². The molecule has 1 amide bonds. The largest absolute Gasteiger partial charge is 0.507 e. The van der Waals surface area contributed by atoms with E-state index in [-0.39, 0.29) is 11.3 Å². The van der Waals surface area contributed by atoms with Crippen molar-refractivity contribution in [3.63, 3.8) is 0 Å². The summed E-state index contributed by atoms with van der Waals surface area (Å²) < 4.78 is 7.42. The molecule has 37 heavy (non-hydrogen) atoms. The van der Waals surface area contributed by atoms with E-state index in [0.29, 0.717) is 39.2 Å². The highest BCUT2D eigenvalue weighted by Gasteiger charge is 2.48. The first-order chi connectivity index (χ1) is 17.9. The van der Waals surface area contributed by atoms with E-state index in [4.69, 9.17) is 16.3 Å². The molecular weight excluding hydrogens is 576 g/mol. The van der Waals surface area contributed by atoms with Crippen LogP contribution in [0, 0.1) is 0 Å². The lowest BCUT2D eigenvalue weighted by molar-refractivity contribution is -0.132. The number of carbonyl (C=O) groups is 2. The minimum absolute atomic E-state index is 0.00433. The molecule has 1 aliphatic rings. The van der Waals surface area contributed by atoms with E-state index in [1.807, 2.05) is 24.3 Å². The van der Waals surface area contributed by atoms with E-state index in [9.17, 15) is 14.7 Å². The van der Waals surface area contributed by atoms with Crippen LogP contribution in [-0.2, 0) is 9.59 Å². The van der Waals surface area contributed by atoms with Crippen molar-refractivity contribution >= 4 is 71.7 Å². The maximum absolute atomic E-state index is 13.4. The minimum atomic E-state index is -0.867. The molecule has 4 aromatic rings. The smallest absolute Gasteiger partial charge is 0.301 e. The lowest BCUT2D eigenvalue weighted by atomic mass is 9.95. The first-order valence-corrected chi connectivity index (χ1v) is 13.7. The molecule has 1 fully saturated rings. The summed E-state index contributed by atoms with van der Waals surface area (Å²) in [6.45, 7) is 2.62. The Morgan fingerprint density at radius 3 is 2.68 bits per heavy atom. The number of amides is 1. The normalized spacial score (nSPS) is 17.1. The van der Waals surface area contributed by atoms with Gasteiger partial charge in [-0.2, -0.15) is 0 Å². The van der Waals surface area contributed by atoms with Gasteiger partial charge in [0, 0.05) is 15.1 Å². The first-order valence-electron chi connectivity index (χ1n) is 11.7. The van der Waals surface area contributed by atoms with Gasteiger partial charge in [0.2, 0.25) is 0 Å². The third kappa shape index (κ3) is 5.01. The first kappa shape index (κ1) is 25.4. The molecule has 1 saturated heterocycles. The number of nitrogens with zero attached hydrogens (tertiary/aromatic N) is 2. The number of rotatable bonds is 7. The van der Waals surface area contributed by atoms with Crippen LogP contribution in [0.1, 0.15) is 36.9 Å². The fourth-order valence-corrected chi connectivity index (χ4v) is 5.74. The Kier molecular flexibility index (Phi) is 7.33. The maximum atomic E-state index is 13.4. The molecule has 5 rings (SSSR count). The Balaban J connectivity index is 1.64. The number of thiazole rings is 1. The SMILES string of the molecule is CCCCOc1cccc(/C(O)=C2\C(=O)C(=O)N(c3nc4ccc(Cl)cc4s3)C2c2ccc(Br)cc2)c1. The topological polar surface area (TPSA) is 79.7 Å². The molecule has 0 spiro atoms. The number of unbranched alkanes of at least 4 members (excludes halogenated alkanes) is 1. The van der Waals surface area contributed by atoms with Crippen molar-refractivity contribution in [2.24, 2.45) is 0 Å². The van der Waals surface area contributed by atoms with E-state index in [1.54, 1.807) is 42.5 Å². The van der Waals surface area contributed by atoms with Crippen molar-refractivity contribution in [1.82, 2.24) is 4.98 Å². The number of halogens is 2. The van der Waals surface area contributed by atoms with Crippen LogP contribution in [0.3, 0.4) is 0 Å². The third-order valence-electron chi connectivity index (χ3n) is 6.05. The number of hydrogen-bond acceptors (Lipinski definition) is 6. The zero-order chi connectivity index (χ0) is 26.1. The van der Waals surface area contributed by atoms with E-state index >= 15 is 0 Å². The Bertz CT molecular complexity index is 1530. The highest BCUT2D eigenvalue weighted by molar-refractivity contribution is 9.10. The molecule has 1 aromatic heterocycles. The fourth-order valence-electron chi connectivity index (χ4n) is 4.20. The Morgan fingerprint density at radius 1 is 1.14 bits per heavy atom. The molecule has 0 aliphatic carbocycles. The molecule has 0 bridgehead atoms. The highest BCUT2D eigenvalue weighted by atomic mass is 79.9. The van der Waals surface area contributed by atoms with Crippen molar-refractivity contribution in [2.45, 2.75) is 25.8 Å². The van der Waals surface area contributed by atoms with Gasteiger partial charge in [-0.25, -0.2) is 4.98 Å². The van der Waals surface area contributed by atoms with Crippen LogP contribution in [0.2, 0.25) is 5.02 Å².